The quantitative estimate of drug-likeness (QED) is 0.250. The maximum absolute atomic E-state index is 13.6. The van der Waals surface area contributed by atoms with Crippen molar-refractivity contribution in [1.82, 2.24) is 4.98 Å². The van der Waals surface area contributed by atoms with E-state index in [9.17, 15) is 23.7 Å². The van der Waals surface area contributed by atoms with E-state index >= 15 is 0 Å². The van der Waals surface area contributed by atoms with Gasteiger partial charge in [-0.3, -0.25) is 9.36 Å². The first-order valence-corrected chi connectivity index (χ1v) is 12.3. The van der Waals surface area contributed by atoms with Gasteiger partial charge in [-0.2, -0.15) is 0 Å². The van der Waals surface area contributed by atoms with Crippen molar-refractivity contribution in [2.75, 3.05) is 0 Å². The van der Waals surface area contributed by atoms with E-state index in [4.69, 9.17) is 9.72 Å². The van der Waals surface area contributed by atoms with Gasteiger partial charge in [-0.25, -0.2) is 9.37 Å². The molecule has 0 aliphatic heterocycles. The minimum absolute atomic E-state index is 0.218. The van der Waals surface area contributed by atoms with Gasteiger partial charge in [-0.15, -0.1) is 6.58 Å². The second kappa shape index (κ2) is 11.3. The summed E-state index contributed by atoms with van der Waals surface area (Å²) in [6.07, 6.45) is -0.322. The molecule has 0 fully saturated rings. The molecule has 3 atom stereocenters. The van der Waals surface area contributed by atoms with Gasteiger partial charge in [0.25, 0.3) is 0 Å². The number of aliphatic hydroxyl groups excluding tert-OH is 1. The lowest BCUT2D eigenvalue weighted by atomic mass is 9.94. The number of halogens is 1. The maximum atomic E-state index is 13.6. The van der Waals surface area contributed by atoms with Crippen LogP contribution in [0.5, 0.6) is 5.75 Å². The molecule has 0 radical (unpaired) electrons. The van der Waals surface area contributed by atoms with Crippen molar-refractivity contribution in [3.05, 3.63) is 84.3 Å². The molecule has 0 amide bonds. The van der Waals surface area contributed by atoms with E-state index in [0.717, 1.165) is 17.2 Å². The predicted octanol–water partition coefficient (Wildman–Crippen LogP) is 5.10. The Labute approximate surface area is 198 Å². The van der Waals surface area contributed by atoms with Crippen molar-refractivity contribution >= 4 is 14.0 Å². The molecular formula is C26H27FNO5P. The smallest absolute Gasteiger partial charge is 0.313 e. The Morgan fingerprint density at radius 2 is 1.82 bits per heavy atom. The zero-order valence-electron chi connectivity index (χ0n) is 19.0. The largest absolute Gasteiger partial charge is 0.424 e. The van der Waals surface area contributed by atoms with E-state index in [1.807, 2.05) is 44.2 Å². The number of rotatable bonds is 9. The van der Waals surface area contributed by atoms with Gasteiger partial charge in [0, 0.05) is 11.1 Å². The summed E-state index contributed by atoms with van der Waals surface area (Å²) in [4.78, 5) is 26.9. The summed E-state index contributed by atoms with van der Waals surface area (Å²) in [6, 6.07) is 15.4. The third kappa shape index (κ3) is 5.68. The number of esters is 1. The molecule has 0 spiro atoms. The molecule has 0 saturated heterocycles. The van der Waals surface area contributed by atoms with Crippen molar-refractivity contribution in [2.45, 2.75) is 38.5 Å². The minimum atomic E-state index is -3.12. The summed E-state index contributed by atoms with van der Waals surface area (Å²) in [5.74, 6) is -0.963. The van der Waals surface area contributed by atoms with Gasteiger partial charge in [-0.1, -0.05) is 55.5 Å². The molecule has 0 saturated carbocycles. The molecule has 1 heterocycles. The van der Waals surface area contributed by atoms with Crippen molar-refractivity contribution in [1.29, 1.82) is 0 Å². The van der Waals surface area contributed by atoms with Gasteiger partial charge in [0.15, 0.2) is 13.8 Å². The number of hydrogen-bond donors (Lipinski definition) is 2. The number of aromatic nitrogens is 1. The molecule has 3 unspecified atom stereocenters. The van der Waals surface area contributed by atoms with Crippen LogP contribution >= 0.6 is 8.03 Å². The molecule has 3 aromatic rings. The average Bonchev–Trinajstić information content (AvgIpc) is 2.81. The van der Waals surface area contributed by atoms with Crippen LogP contribution in [0.25, 0.3) is 22.4 Å². The first-order valence-electron chi connectivity index (χ1n) is 10.9. The molecule has 0 aliphatic rings. The second-order valence-corrected chi connectivity index (χ2v) is 9.15. The van der Waals surface area contributed by atoms with Crippen molar-refractivity contribution in [3.63, 3.8) is 0 Å². The van der Waals surface area contributed by atoms with Gasteiger partial charge in [0.2, 0.25) is 0 Å². The Morgan fingerprint density at radius 1 is 1.18 bits per heavy atom. The third-order valence-electron chi connectivity index (χ3n) is 5.53. The number of benzene rings is 2. The number of aryl methyl sites for hydroxylation is 1. The van der Waals surface area contributed by atoms with Gasteiger partial charge < -0.3 is 14.7 Å². The van der Waals surface area contributed by atoms with Crippen LogP contribution in [0.1, 0.15) is 24.6 Å². The van der Waals surface area contributed by atoms with Crippen LogP contribution < -0.4 is 4.74 Å². The number of pyridine rings is 1. The Balaban J connectivity index is 2.11. The molecule has 178 valence electrons. The summed E-state index contributed by atoms with van der Waals surface area (Å²) in [6.45, 7) is 7.17. The van der Waals surface area contributed by atoms with Crippen LogP contribution in [0, 0.1) is 12.7 Å². The molecule has 0 bridgehead atoms. The number of ether oxygens (including phenoxy) is 1. The van der Waals surface area contributed by atoms with Gasteiger partial charge >= 0.3 is 5.97 Å². The molecule has 8 heteroatoms. The first-order chi connectivity index (χ1) is 16.3. The van der Waals surface area contributed by atoms with E-state index in [1.165, 1.54) is 12.1 Å². The van der Waals surface area contributed by atoms with Gasteiger partial charge in [0.05, 0.1) is 29.6 Å². The van der Waals surface area contributed by atoms with Gasteiger partial charge in [0.1, 0.15) is 5.82 Å². The normalized spacial score (nSPS) is 13.7. The number of nitrogens with zero attached hydrogens (tertiary/aromatic N) is 1. The van der Waals surface area contributed by atoms with E-state index in [2.05, 4.69) is 6.58 Å². The molecule has 3 rings (SSSR count). The highest BCUT2D eigenvalue weighted by Crippen LogP contribution is 2.40. The highest BCUT2D eigenvalue weighted by molar-refractivity contribution is 7.39. The maximum Gasteiger partial charge on any atom is 0.313 e. The fourth-order valence-corrected chi connectivity index (χ4v) is 4.42. The highest BCUT2D eigenvalue weighted by Gasteiger charge is 2.27. The summed E-state index contributed by atoms with van der Waals surface area (Å²) in [5, 5.41) is 10.3. The summed E-state index contributed by atoms with van der Waals surface area (Å²) >= 11 is 0. The summed E-state index contributed by atoms with van der Waals surface area (Å²) in [5.41, 5.74) is 2.95. The Bertz CT molecular complexity index is 1200. The first kappa shape index (κ1) is 25.5. The molecule has 2 N–H and O–H groups in total. The zero-order chi connectivity index (χ0) is 24.8. The Morgan fingerprint density at radius 3 is 2.38 bits per heavy atom. The number of hydrogen-bond acceptors (Lipinski definition) is 5. The van der Waals surface area contributed by atoms with Crippen LogP contribution in [0.15, 0.2) is 67.3 Å². The lowest BCUT2D eigenvalue weighted by molar-refractivity contribution is -0.136. The standard InChI is InChI=1S/C26H27FNO5P/c1-4-20-26(33-23(30)15-21(29)22(5-2)34(31)32)24(17-11-13-19(27)14-12-17)16(3)25(28-20)18-9-7-6-8-10-18/h5-14,21-22,29,34H,2,4,15H2,1,3H3,(H,31,32). The van der Waals surface area contributed by atoms with Crippen LogP contribution in [-0.2, 0) is 15.8 Å². The lowest BCUT2D eigenvalue weighted by Gasteiger charge is -2.21. The molecule has 1 aromatic heterocycles. The van der Waals surface area contributed by atoms with Crippen LogP contribution in [-0.4, -0.2) is 32.7 Å². The third-order valence-corrected chi connectivity index (χ3v) is 6.72. The second-order valence-electron chi connectivity index (χ2n) is 7.81. The van der Waals surface area contributed by atoms with E-state index in [0.29, 0.717) is 28.9 Å². The number of carbonyl (C=O) groups excluding carboxylic acids is 1. The molecular weight excluding hydrogens is 456 g/mol. The zero-order valence-corrected chi connectivity index (χ0v) is 20.0. The molecule has 0 aliphatic carbocycles. The Kier molecular flexibility index (Phi) is 8.51. The van der Waals surface area contributed by atoms with Crippen molar-refractivity contribution in [2.24, 2.45) is 0 Å². The Hall–Kier alpha value is -3.12. The van der Waals surface area contributed by atoms with Crippen LogP contribution in [0.3, 0.4) is 0 Å². The predicted molar refractivity (Wildman–Crippen MR) is 131 cm³/mol. The van der Waals surface area contributed by atoms with Crippen molar-refractivity contribution < 1.29 is 28.5 Å². The van der Waals surface area contributed by atoms with E-state index in [1.54, 1.807) is 12.1 Å². The fraction of sp³-hybridized carbons (Fsp3) is 0.231. The number of carbonyl (C=O) groups is 1. The molecule has 6 nitrogen and oxygen atoms in total. The van der Waals surface area contributed by atoms with Crippen LogP contribution in [0.4, 0.5) is 4.39 Å². The SMILES string of the molecule is C=CC(C(O)CC(=O)Oc1c(CC)nc(-c2ccccc2)c(C)c1-c1ccc(F)cc1)[PH](=O)O. The summed E-state index contributed by atoms with van der Waals surface area (Å²) in [7, 11) is -3.12. The minimum Gasteiger partial charge on any atom is -0.424 e. The van der Waals surface area contributed by atoms with Gasteiger partial charge in [-0.05, 0) is 36.6 Å². The lowest BCUT2D eigenvalue weighted by Crippen LogP contribution is -2.26. The van der Waals surface area contributed by atoms with E-state index < -0.39 is 38.0 Å². The summed E-state index contributed by atoms with van der Waals surface area (Å²) < 4.78 is 30.8. The monoisotopic (exact) mass is 483 g/mol. The topological polar surface area (TPSA) is 96.7 Å². The highest BCUT2D eigenvalue weighted by atomic mass is 31.1. The van der Waals surface area contributed by atoms with E-state index in [-0.39, 0.29) is 5.75 Å². The molecule has 2 aromatic carbocycles. The van der Waals surface area contributed by atoms with Crippen molar-refractivity contribution in [3.8, 4) is 28.1 Å². The number of aliphatic hydroxyl groups is 1. The molecule has 34 heavy (non-hydrogen) atoms. The fourth-order valence-electron chi connectivity index (χ4n) is 3.77. The average molecular weight is 483 g/mol. The van der Waals surface area contributed by atoms with Crippen LogP contribution in [0.2, 0.25) is 0 Å².